The average molecular weight is 272 g/mol. The predicted octanol–water partition coefficient (Wildman–Crippen LogP) is 2.46. The van der Waals surface area contributed by atoms with Crippen molar-refractivity contribution in [3.63, 3.8) is 0 Å². The molecule has 0 fully saturated rings. The molecule has 1 unspecified atom stereocenters. The summed E-state index contributed by atoms with van der Waals surface area (Å²) in [7, 11) is -1.24. The smallest absolute Gasteiger partial charge is 0.103 e. The summed E-state index contributed by atoms with van der Waals surface area (Å²) in [5.41, 5.74) is 7.34. The maximum Gasteiger partial charge on any atom is 0.103 e. The van der Waals surface area contributed by atoms with Gasteiger partial charge in [-0.3, -0.25) is 9.62 Å². The Morgan fingerprint density at radius 2 is 1.42 bits per heavy atom. The first-order valence-corrected chi connectivity index (χ1v) is 7.36. The van der Waals surface area contributed by atoms with Crippen LogP contribution in [0.1, 0.15) is 16.4 Å². The molecule has 19 heavy (non-hydrogen) atoms. The summed E-state index contributed by atoms with van der Waals surface area (Å²) in [5.74, 6) is 0.0456. The molecule has 0 aliphatic carbocycles. The van der Waals surface area contributed by atoms with Crippen LogP contribution in [0.25, 0.3) is 0 Å². The summed E-state index contributed by atoms with van der Waals surface area (Å²) < 4.78 is 12.4. The molecule has 0 amide bonds. The molecule has 0 bridgehead atoms. The average Bonchev–Trinajstić information content (AvgIpc) is 2.40. The van der Waals surface area contributed by atoms with E-state index in [4.69, 9.17) is 11.1 Å². The highest BCUT2D eigenvalue weighted by atomic mass is 32.2. The van der Waals surface area contributed by atoms with E-state index in [-0.39, 0.29) is 16.8 Å². The molecule has 0 spiro atoms. The first-order valence-electron chi connectivity index (χ1n) is 5.98. The van der Waals surface area contributed by atoms with Gasteiger partial charge in [0.25, 0.3) is 0 Å². The summed E-state index contributed by atoms with van der Waals surface area (Å²) in [4.78, 5) is 0. The highest BCUT2D eigenvalue weighted by molar-refractivity contribution is 7.86. The van der Waals surface area contributed by atoms with Gasteiger partial charge >= 0.3 is 0 Å². The summed E-state index contributed by atoms with van der Waals surface area (Å²) in [6.45, 7) is 0. The first kappa shape index (κ1) is 13.5. The minimum absolute atomic E-state index is 0.0461. The molecule has 0 aromatic heterocycles. The summed E-state index contributed by atoms with van der Waals surface area (Å²) in [6.07, 6.45) is 0. The molecule has 3 nitrogen and oxygen atoms in total. The maximum absolute atomic E-state index is 12.4. The summed E-state index contributed by atoms with van der Waals surface area (Å²) in [5, 5.41) is 7.08. The lowest BCUT2D eigenvalue weighted by Gasteiger charge is -2.17. The Morgan fingerprint density at radius 1 is 1.00 bits per heavy atom. The van der Waals surface area contributed by atoms with E-state index in [1.165, 1.54) is 0 Å². The zero-order valence-electron chi connectivity index (χ0n) is 10.5. The molecule has 2 aromatic rings. The summed E-state index contributed by atoms with van der Waals surface area (Å²) in [6, 6.07) is 19.4. The van der Waals surface area contributed by atoms with E-state index in [0.717, 1.165) is 11.1 Å². The number of hydrogen-bond acceptors (Lipinski definition) is 2. The van der Waals surface area contributed by atoms with Gasteiger partial charge in [0.05, 0.1) is 11.0 Å². The van der Waals surface area contributed by atoms with Crippen LogP contribution >= 0.6 is 0 Å². The monoisotopic (exact) mass is 272 g/mol. The number of amidine groups is 1. The van der Waals surface area contributed by atoms with Crippen LogP contribution in [0.2, 0.25) is 0 Å². The molecule has 0 aliphatic rings. The normalized spacial score (nSPS) is 12.3. The van der Waals surface area contributed by atoms with Crippen molar-refractivity contribution in [3.05, 3.63) is 71.8 Å². The molecular weight excluding hydrogens is 256 g/mol. The van der Waals surface area contributed by atoms with Gasteiger partial charge in [-0.05, 0) is 11.1 Å². The Balaban J connectivity index is 2.40. The number of nitrogens with one attached hydrogen (secondary N) is 1. The minimum Gasteiger partial charge on any atom is -0.387 e. The van der Waals surface area contributed by atoms with E-state index in [0.29, 0.717) is 0 Å². The van der Waals surface area contributed by atoms with Crippen molar-refractivity contribution in [2.75, 3.05) is 5.75 Å². The second-order valence-corrected chi connectivity index (χ2v) is 5.77. The van der Waals surface area contributed by atoms with Crippen LogP contribution < -0.4 is 5.73 Å². The number of nitrogens with two attached hydrogens (primary N) is 1. The molecule has 0 saturated heterocycles. The van der Waals surface area contributed by atoms with Crippen LogP contribution in [-0.4, -0.2) is 15.8 Å². The second-order valence-electron chi connectivity index (χ2n) is 4.25. The number of hydrogen-bond donors (Lipinski definition) is 2. The SMILES string of the molecule is N=C(N)CS(=O)C(c1ccccc1)c1ccccc1. The Morgan fingerprint density at radius 3 is 1.79 bits per heavy atom. The van der Waals surface area contributed by atoms with Crippen LogP contribution in [0.3, 0.4) is 0 Å². The number of benzene rings is 2. The van der Waals surface area contributed by atoms with Gasteiger partial charge in [0.1, 0.15) is 5.84 Å². The lowest BCUT2D eigenvalue weighted by atomic mass is 10.0. The Hall–Kier alpha value is -1.94. The lowest BCUT2D eigenvalue weighted by molar-refractivity contribution is 0.680. The highest BCUT2D eigenvalue weighted by Gasteiger charge is 2.21. The Kier molecular flexibility index (Phi) is 4.47. The minimum atomic E-state index is -1.24. The fourth-order valence-corrected chi connectivity index (χ4v) is 3.38. The van der Waals surface area contributed by atoms with Gasteiger partial charge in [-0.15, -0.1) is 0 Å². The first-order chi connectivity index (χ1) is 9.18. The molecule has 98 valence electrons. The standard InChI is InChI=1S/C15H16N2OS/c16-14(17)11-19(18)15(12-7-3-1-4-8-12)13-9-5-2-6-10-13/h1-10,15H,11H2,(H3,16,17). The molecule has 1 atom stereocenters. The quantitative estimate of drug-likeness (QED) is 0.648. The Labute approximate surface area is 115 Å². The molecule has 2 rings (SSSR count). The molecule has 0 radical (unpaired) electrons. The van der Waals surface area contributed by atoms with Gasteiger partial charge in [0, 0.05) is 10.8 Å². The third kappa shape index (κ3) is 3.51. The fraction of sp³-hybridized carbons (Fsp3) is 0.133. The predicted molar refractivity (Wildman–Crippen MR) is 79.7 cm³/mol. The second kappa shape index (κ2) is 6.29. The largest absolute Gasteiger partial charge is 0.387 e. The molecule has 0 aliphatic heterocycles. The zero-order chi connectivity index (χ0) is 13.7. The van der Waals surface area contributed by atoms with E-state index in [1.54, 1.807) is 0 Å². The van der Waals surface area contributed by atoms with Crippen LogP contribution in [-0.2, 0) is 10.8 Å². The zero-order valence-corrected chi connectivity index (χ0v) is 11.3. The van der Waals surface area contributed by atoms with Gasteiger partial charge in [0.15, 0.2) is 0 Å². The van der Waals surface area contributed by atoms with E-state index >= 15 is 0 Å². The van der Waals surface area contributed by atoms with Crippen LogP contribution in [0.5, 0.6) is 0 Å². The lowest BCUT2D eigenvalue weighted by Crippen LogP contribution is -2.22. The van der Waals surface area contributed by atoms with Crippen molar-refractivity contribution < 1.29 is 4.21 Å². The molecule has 0 saturated carbocycles. The topological polar surface area (TPSA) is 66.9 Å². The van der Waals surface area contributed by atoms with Crippen molar-refractivity contribution in [1.82, 2.24) is 0 Å². The molecule has 0 heterocycles. The molecule has 4 heteroatoms. The maximum atomic E-state index is 12.4. The van der Waals surface area contributed by atoms with Gasteiger partial charge in [-0.2, -0.15) is 0 Å². The highest BCUT2D eigenvalue weighted by Crippen LogP contribution is 2.28. The molecular formula is C15H16N2OS. The molecule has 2 aromatic carbocycles. The van der Waals surface area contributed by atoms with Crippen molar-refractivity contribution in [2.24, 2.45) is 5.73 Å². The fourth-order valence-electron chi connectivity index (χ4n) is 1.99. The third-order valence-corrected chi connectivity index (χ3v) is 4.43. The van der Waals surface area contributed by atoms with E-state index < -0.39 is 10.8 Å². The van der Waals surface area contributed by atoms with Crippen LogP contribution in [0.4, 0.5) is 0 Å². The van der Waals surface area contributed by atoms with Crippen LogP contribution in [0.15, 0.2) is 60.7 Å². The van der Waals surface area contributed by atoms with Gasteiger partial charge in [-0.1, -0.05) is 60.7 Å². The van der Waals surface area contributed by atoms with E-state index in [2.05, 4.69) is 0 Å². The van der Waals surface area contributed by atoms with Gasteiger partial charge in [0.2, 0.25) is 0 Å². The van der Waals surface area contributed by atoms with Crippen molar-refractivity contribution >= 4 is 16.6 Å². The van der Waals surface area contributed by atoms with E-state index in [9.17, 15) is 4.21 Å². The van der Waals surface area contributed by atoms with Crippen LogP contribution in [0, 0.1) is 5.41 Å². The van der Waals surface area contributed by atoms with Crippen molar-refractivity contribution in [3.8, 4) is 0 Å². The van der Waals surface area contributed by atoms with Crippen molar-refractivity contribution in [2.45, 2.75) is 5.25 Å². The number of rotatable bonds is 5. The molecule has 3 N–H and O–H groups in total. The summed E-state index contributed by atoms with van der Waals surface area (Å²) >= 11 is 0. The Bertz CT molecular complexity index is 530. The third-order valence-electron chi connectivity index (χ3n) is 2.77. The van der Waals surface area contributed by atoms with Gasteiger partial charge < -0.3 is 5.73 Å². The van der Waals surface area contributed by atoms with Gasteiger partial charge in [-0.25, -0.2) is 0 Å². The van der Waals surface area contributed by atoms with E-state index in [1.807, 2.05) is 60.7 Å². The van der Waals surface area contributed by atoms with Crippen molar-refractivity contribution in [1.29, 1.82) is 5.41 Å².